The lowest BCUT2D eigenvalue weighted by atomic mass is 9.77. The number of carbonyl (C=O) groups excluding carboxylic acids is 1. The molecular weight excluding hydrogens is 577 g/mol. The van der Waals surface area contributed by atoms with Gasteiger partial charge < -0.3 is 4.90 Å². The van der Waals surface area contributed by atoms with Crippen molar-refractivity contribution < 1.29 is 35.5 Å². The molecule has 4 rings (SSSR count). The van der Waals surface area contributed by atoms with E-state index in [2.05, 4.69) is 17.1 Å². The fourth-order valence-electron chi connectivity index (χ4n) is 5.53. The predicted octanol–water partition coefficient (Wildman–Crippen LogP) is 10.1. The summed E-state index contributed by atoms with van der Waals surface area (Å²) in [4.78, 5) is 23.9. The molecule has 0 heterocycles. The number of ketones is 1. The third kappa shape index (κ3) is 10.8. The number of alkyl halides is 6. The molecule has 0 N–H and O–H groups in total. The van der Waals surface area contributed by atoms with Crippen molar-refractivity contribution in [2.75, 3.05) is 13.6 Å². The average Bonchev–Trinajstić information content (AvgIpc) is 3.30. The van der Waals surface area contributed by atoms with Crippen molar-refractivity contribution in [1.29, 1.82) is 0 Å². The van der Waals surface area contributed by atoms with Crippen molar-refractivity contribution in [3.63, 3.8) is 0 Å². The van der Waals surface area contributed by atoms with Gasteiger partial charge in [0.05, 0.1) is 11.1 Å². The Morgan fingerprint density at radius 1 is 0.907 bits per heavy atom. The van der Waals surface area contributed by atoms with Crippen LogP contribution in [0.5, 0.6) is 0 Å². The summed E-state index contributed by atoms with van der Waals surface area (Å²) in [6.45, 7) is 6.25. The molecule has 2 aromatic carbocycles. The van der Waals surface area contributed by atoms with Gasteiger partial charge in [-0.05, 0) is 85.9 Å². The minimum atomic E-state index is -4.90. The van der Waals surface area contributed by atoms with E-state index in [9.17, 15) is 40.4 Å². The second-order valence-electron chi connectivity index (χ2n) is 10.7. The van der Waals surface area contributed by atoms with E-state index in [1.807, 2.05) is 32.9 Å². The van der Waals surface area contributed by atoms with Crippen LogP contribution < -0.4 is 0 Å². The first kappa shape index (κ1) is 36.0. The predicted molar refractivity (Wildman–Crippen MR) is 153 cm³/mol. The van der Waals surface area contributed by atoms with Gasteiger partial charge in [0.1, 0.15) is 12.4 Å². The lowest BCUT2D eigenvalue weighted by Crippen LogP contribution is -2.23. The van der Waals surface area contributed by atoms with E-state index < -0.39 is 35.6 Å². The number of halogens is 7. The van der Waals surface area contributed by atoms with Crippen molar-refractivity contribution in [3.8, 4) is 0 Å². The fourth-order valence-corrected chi connectivity index (χ4v) is 5.53. The molecule has 11 heteroatoms. The zero-order chi connectivity index (χ0) is 32.4. The number of rotatable bonds is 7. The van der Waals surface area contributed by atoms with Crippen molar-refractivity contribution >= 4 is 5.78 Å². The minimum Gasteiger partial charge on any atom is -0.378 e. The number of allylic oxidation sites excluding steroid dienone is 2. The molecule has 0 aliphatic heterocycles. The van der Waals surface area contributed by atoms with Gasteiger partial charge in [-0.15, -0.1) is 0 Å². The van der Waals surface area contributed by atoms with E-state index >= 15 is 0 Å². The molecule has 1 saturated carbocycles. The maximum Gasteiger partial charge on any atom is 0.416 e. The van der Waals surface area contributed by atoms with Gasteiger partial charge >= 0.3 is 12.4 Å². The molecule has 2 atom stereocenters. The second-order valence-corrected chi connectivity index (χ2v) is 10.7. The monoisotopic (exact) mass is 616 g/mol. The molecule has 4 nitrogen and oxygen atoms in total. The Kier molecular flexibility index (Phi) is 13.4. The molecule has 0 spiro atoms. The van der Waals surface area contributed by atoms with Crippen LogP contribution in [0.2, 0.25) is 0 Å². The van der Waals surface area contributed by atoms with E-state index in [0.29, 0.717) is 30.3 Å². The zero-order valence-corrected chi connectivity index (χ0v) is 24.9. The topological polar surface area (TPSA) is 49.7 Å². The summed E-state index contributed by atoms with van der Waals surface area (Å²) < 4.78 is 86.9. The van der Waals surface area contributed by atoms with Crippen molar-refractivity contribution in [2.45, 2.75) is 90.5 Å². The molecule has 0 aromatic heterocycles. The quantitative estimate of drug-likeness (QED) is 0.230. The first-order valence-corrected chi connectivity index (χ1v) is 14.5. The van der Waals surface area contributed by atoms with Crippen LogP contribution in [0.15, 0.2) is 58.9 Å². The lowest BCUT2D eigenvalue weighted by Gasteiger charge is -2.31. The third-order valence-electron chi connectivity index (χ3n) is 7.79. The van der Waals surface area contributed by atoms with Crippen LogP contribution in [0.25, 0.3) is 0 Å². The van der Waals surface area contributed by atoms with Gasteiger partial charge in [0, 0.05) is 31.3 Å². The van der Waals surface area contributed by atoms with Crippen LogP contribution in [0.4, 0.5) is 30.7 Å². The highest BCUT2D eigenvalue weighted by Crippen LogP contribution is 2.38. The normalized spacial score (nSPS) is 18.8. The molecule has 2 aliphatic carbocycles. The van der Waals surface area contributed by atoms with Gasteiger partial charge in [-0.2, -0.15) is 31.2 Å². The van der Waals surface area contributed by atoms with Gasteiger partial charge in [0.2, 0.25) is 0 Å². The SMILES string of the molecule is CC.CC1=C(N(C)CCC2CCC[C@@H](c3ccc(F)cc3)C2)CCC1=O.O=NCc1cc(C(F)(F)F)cc(C(F)(F)F)c1. The Morgan fingerprint density at radius 2 is 1.49 bits per heavy atom. The van der Waals surface area contributed by atoms with Crippen LogP contribution in [0.1, 0.15) is 93.9 Å². The van der Waals surface area contributed by atoms with Crippen LogP contribution in [0, 0.1) is 16.6 Å². The maximum absolute atomic E-state index is 13.1. The van der Waals surface area contributed by atoms with E-state index in [-0.39, 0.29) is 11.9 Å². The van der Waals surface area contributed by atoms with Crippen LogP contribution in [-0.4, -0.2) is 24.3 Å². The summed E-state index contributed by atoms with van der Waals surface area (Å²) in [6.07, 6.45) is -2.06. The molecule has 0 bridgehead atoms. The number of carbonyl (C=O) groups is 1. The van der Waals surface area contributed by atoms with Crippen LogP contribution >= 0.6 is 0 Å². The van der Waals surface area contributed by atoms with E-state index in [1.165, 1.54) is 43.4 Å². The largest absolute Gasteiger partial charge is 0.416 e. The first-order valence-electron chi connectivity index (χ1n) is 14.5. The van der Waals surface area contributed by atoms with Gasteiger partial charge in [-0.1, -0.05) is 44.0 Å². The summed E-state index contributed by atoms with van der Waals surface area (Å²) in [7, 11) is 2.12. The Hall–Kier alpha value is -3.24. The Bertz CT molecular complexity index is 1210. The van der Waals surface area contributed by atoms with Gasteiger partial charge in [-0.25, -0.2) is 4.39 Å². The van der Waals surface area contributed by atoms with Crippen molar-refractivity contribution in [3.05, 3.63) is 86.7 Å². The average molecular weight is 617 g/mol. The molecule has 2 aromatic rings. The summed E-state index contributed by atoms with van der Waals surface area (Å²) >= 11 is 0. The number of hydrogen-bond donors (Lipinski definition) is 0. The summed E-state index contributed by atoms with van der Waals surface area (Å²) in [6, 6.07) is 8.00. The van der Waals surface area contributed by atoms with Crippen molar-refractivity contribution in [1.82, 2.24) is 4.90 Å². The van der Waals surface area contributed by atoms with E-state index in [4.69, 9.17) is 0 Å². The first-order chi connectivity index (χ1) is 20.2. The number of hydrogen-bond acceptors (Lipinski definition) is 4. The molecule has 1 fully saturated rings. The Labute approximate surface area is 248 Å². The standard InChI is InChI=1S/C21H28FNO.C9H5F6NO.C2H6/c1-15-20(10-11-21(15)24)23(2)13-12-16-4-3-5-18(14-16)17-6-8-19(22)9-7-17;10-8(11,12)6-1-5(4-16-17)2-7(3-6)9(13,14)15;1-2/h6-9,16,18H,3-5,10-14H2,1-2H3;1-3H,4H2;1-2H3/t16?,18-;;/m1../s1. The number of Topliss-reactive ketones (excluding diaryl/α,β-unsaturated/α-hetero) is 1. The van der Waals surface area contributed by atoms with Gasteiger partial charge in [0.25, 0.3) is 0 Å². The molecule has 2 aliphatic rings. The molecular formula is C32H39F7N2O2. The third-order valence-corrected chi connectivity index (χ3v) is 7.79. The molecule has 0 saturated heterocycles. The number of nitroso groups, excluding NO2 is 1. The smallest absolute Gasteiger partial charge is 0.378 e. The number of nitrogens with zero attached hydrogens (tertiary/aromatic N) is 2. The van der Waals surface area contributed by atoms with E-state index in [0.717, 1.165) is 24.5 Å². The zero-order valence-electron chi connectivity index (χ0n) is 24.9. The van der Waals surface area contributed by atoms with Gasteiger partial charge in [0.15, 0.2) is 5.78 Å². The lowest BCUT2D eigenvalue weighted by molar-refractivity contribution is -0.143. The molecule has 0 amide bonds. The highest BCUT2D eigenvalue weighted by Gasteiger charge is 2.37. The highest BCUT2D eigenvalue weighted by molar-refractivity contribution is 5.97. The molecule has 0 radical (unpaired) electrons. The highest BCUT2D eigenvalue weighted by atomic mass is 19.4. The number of benzene rings is 2. The van der Waals surface area contributed by atoms with Gasteiger partial charge in [-0.3, -0.25) is 4.79 Å². The van der Waals surface area contributed by atoms with Crippen LogP contribution in [0.3, 0.4) is 0 Å². The minimum absolute atomic E-state index is 0.00565. The molecule has 43 heavy (non-hydrogen) atoms. The Morgan fingerprint density at radius 3 is 1.98 bits per heavy atom. The van der Waals surface area contributed by atoms with Crippen LogP contribution in [-0.2, 0) is 23.7 Å². The molecule has 238 valence electrons. The summed E-state index contributed by atoms with van der Waals surface area (Å²) in [5, 5.41) is 2.27. The Balaban J connectivity index is 0.000000300. The second kappa shape index (κ2) is 16.0. The summed E-state index contributed by atoms with van der Waals surface area (Å²) in [5.74, 6) is 1.46. The maximum atomic E-state index is 13.1. The summed E-state index contributed by atoms with van der Waals surface area (Å²) in [5.41, 5.74) is 0.157. The fraction of sp³-hybridized carbons (Fsp3) is 0.531. The van der Waals surface area contributed by atoms with E-state index in [1.54, 1.807) is 12.1 Å². The van der Waals surface area contributed by atoms with Crippen molar-refractivity contribution in [2.24, 2.45) is 11.1 Å². The molecule has 1 unspecified atom stereocenters.